The Morgan fingerprint density at radius 1 is 1.30 bits per heavy atom. The van der Waals surface area contributed by atoms with Crippen molar-refractivity contribution in [3.63, 3.8) is 0 Å². The van der Waals surface area contributed by atoms with Gasteiger partial charge < -0.3 is 10.1 Å². The molecule has 3 rings (SSSR count). The van der Waals surface area contributed by atoms with Gasteiger partial charge in [-0.1, -0.05) is 0 Å². The van der Waals surface area contributed by atoms with Crippen LogP contribution in [0.5, 0.6) is 5.75 Å². The van der Waals surface area contributed by atoms with E-state index in [0.29, 0.717) is 6.04 Å². The Bertz CT molecular complexity index is 612. The first-order valence-electron chi connectivity index (χ1n) is 6.79. The van der Waals surface area contributed by atoms with E-state index >= 15 is 0 Å². The molecule has 2 aromatic rings. The minimum atomic E-state index is 0.0909. The molecule has 0 radical (unpaired) electrons. The summed E-state index contributed by atoms with van der Waals surface area (Å²) in [6, 6.07) is 12.4. The molecule has 0 bridgehead atoms. The number of nitriles is 1. The van der Waals surface area contributed by atoms with Gasteiger partial charge in [-0.15, -0.1) is 11.3 Å². The van der Waals surface area contributed by atoms with Crippen molar-refractivity contribution in [3.8, 4) is 11.8 Å². The highest BCUT2D eigenvalue weighted by Crippen LogP contribution is 2.35. The van der Waals surface area contributed by atoms with Crippen LogP contribution in [-0.4, -0.2) is 6.61 Å². The van der Waals surface area contributed by atoms with Crippen LogP contribution in [0.3, 0.4) is 0 Å². The zero-order valence-corrected chi connectivity index (χ0v) is 12.0. The quantitative estimate of drug-likeness (QED) is 0.917. The molecule has 0 spiro atoms. The zero-order chi connectivity index (χ0) is 13.8. The number of rotatable bonds is 4. The summed E-state index contributed by atoms with van der Waals surface area (Å²) in [5, 5.41) is 14.3. The van der Waals surface area contributed by atoms with E-state index in [1.54, 1.807) is 0 Å². The third kappa shape index (κ3) is 2.78. The number of ether oxygens (including phenoxy) is 1. The summed E-state index contributed by atoms with van der Waals surface area (Å²) in [4.78, 5) is 1.52. The van der Waals surface area contributed by atoms with E-state index in [0.717, 1.165) is 11.4 Å². The number of nitrogens with one attached hydrogen (secondary N) is 1. The zero-order valence-electron chi connectivity index (χ0n) is 11.1. The average molecular weight is 284 g/mol. The second kappa shape index (κ2) is 5.98. The molecule has 20 heavy (non-hydrogen) atoms. The monoisotopic (exact) mass is 284 g/mol. The third-order valence-corrected chi connectivity index (χ3v) is 4.55. The number of hydrogen-bond donors (Lipinski definition) is 1. The summed E-state index contributed by atoms with van der Waals surface area (Å²) in [5.74, 6) is 0.733. The van der Waals surface area contributed by atoms with Crippen LogP contribution in [0.4, 0.5) is 5.69 Å². The lowest BCUT2D eigenvalue weighted by atomic mass is 9.94. The van der Waals surface area contributed by atoms with Crippen molar-refractivity contribution >= 4 is 17.0 Å². The summed E-state index contributed by atoms with van der Waals surface area (Å²) in [6.45, 7) is 0.0909. The Morgan fingerprint density at radius 3 is 2.95 bits per heavy atom. The fourth-order valence-electron chi connectivity index (χ4n) is 2.60. The number of anilines is 1. The summed E-state index contributed by atoms with van der Waals surface area (Å²) >= 11 is 1.86. The number of hydrogen-bond acceptors (Lipinski definition) is 4. The van der Waals surface area contributed by atoms with Crippen LogP contribution in [-0.2, 0) is 6.42 Å². The normalized spacial score (nSPS) is 17.1. The van der Waals surface area contributed by atoms with E-state index in [1.807, 2.05) is 41.7 Å². The van der Waals surface area contributed by atoms with Crippen LogP contribution in [0, 0.1) is 11.3 Å². The van der Waals surface area contributed by atoms with Crippen LogP contribution in [0.1, 0.15) is 29.3 Å². The van der Waals surface area contributed by atoms with Gasteiger partial charge in [0.25, 0.3) is 0 Å². The van der Waals surface area contributed by atoms with Crippen molar-refractivity contribution < 1.29 is 4.74 Å². The molecule has 0 saturated heterocycles. The smallest absolute Gasteiger partial charge is 0.174 e. The van der Waals surface area contributed by atoms with Crippen LogP contribution in [0.15, 0.2) is 35.7 Å². The lowest BCUT2D eigenvalue weighted by Crippen LogP contribution is -2.15. The van der Waals surface area contributed by atoms with E-state index in [2.05, 4.69) is 16.8 Å². The van der Waals surface area contributed by atoms with Crippen LogP contribution < -0.4 is 10.1 Å². The Balaban J connectivity index is 1.69. The van der Waals surface area contributed by atoms with Crippen LogP contribution in [0.2, 0.25) is 0 Å². The minimum absolute atomic E-state index is 0.0909. The molecule has 3 nitrogen and oxygen atoms in total. The number of nitrogens with zero attached hydrogens (tertiary/aromatic N) is 1. The molecule has 1 unspecified atom stereocenters. The molecule has 1 aliphatic rings. The number of benzene rings is 1. The molecular weight excluding hydrogens is 268 g/mol. The second-order valence-corrected chi connectivity index (χ2v) is 5.86. The molecular formula is C16H16N2OS. The van der Waals surface area contributed by atoms with Gasteiger partial charge in [-0.3, -0.25) is 0 Å². The summed E-state index contributed by atoms with van der Waals surface area (Å²) in [5.41, 5.74) is 2.55. The second-order valence-electron chi connectivity index (χ2n) is 4.86. The third-order valence-electron chi connectivity index (χ3n) is 3.55. The van der Waals surface area contributed by atoms with E-state index in [4.69, 9.17) is 10.00 Å². The van der Waals surface area contributed by atoms with Crippen molar-refractivity contribution in [3.05, 3.63) is 46.2 Å². The average Bonchev–Trinajstić information content (AvgIpc) is 2.96. The molecule has 1 N–H and O–H groups in total. The van der Waals surface area contributed by atoms with E-state index < -0.39 is 0 Å². The number of fused-ring (bicyclic) bond motifs is 1. The van der Waals surface area contributed by atoms with Crippen molar-refractivity contribution in [2.45, 2.75) is 25.3 Å². The molecule has 1 aromatic carbocycles. The van der Waals surface area contributed by atoms with Crippen molar-refractivity contribution in [1.29, 1.82) is 5.26 Å². The predicted octanol–water partition coefficient (Wildman–Crippen LogP) is 4.14. The summed E-state index contributed by atoms with van der Waals surface area (Å²) in [7, 11) is 0. The van der Waals surface area contributed by atoms with E-state index in [9.17, 15) is 0 Å². The van der Waals surface area contributed by atoms with Gasteiger partial charge in [0.15, 0.2) is 6.61 Å². The first-order chi connectivity index (χ1) is 9.86. The largest absolute Gasteiger partial charge is 0.479 e. The van der Waals surface area contributed by atoms with Crippen molar-refractivity contribution in [2.24, 2.45) is 0 Å². The lowest BCUT2D eigenvalue weighted by molar-refractivity contribution is 0.368. The Kier molecular flexibility index (Phi) is 3.89. The minimum Gasteiger partial charge on any atom is -0.479 e. The summed E-state index contributed by atoms with van der Waals surface area (Å²) < 4.78 is 5.26. The molecule has 0 aliphatic heterocycles. The van der Waals surface area contributed by atoms with E-state index in [-0.39, 0.29) is 6.61 Å². The van der Waals surface area contributed by atoms with Gasteiger partial charge in [-0.25, -0.2) is 0 Å². The van der Waals surface area contributed by atoms with Gasteiger partial charge in [0.1, 0.15) is 11.8 Å². The number of thiophene rings is 1. The first-order valence-corrected chi connectivity index (χ1v) is 7.67. The fraction of sp³-hybridized carbons (Fsp3) is 0.312. The Labute approximate surface area is 122 Å². The summed E-state index contributed by atoms with van der Waals surface area (Å²) in [6.07, 6.45) is 3.64. The van der Waals surface area contributed by atoms with Crippen molar-refractivity contribution in [1.82, 2.24) is 0 Å². The molecule has 1 aliphatic carbocycles. The van der Waals surface area contributed by atoms with Crippen molar-refractivity contribution in [2.75, 3.05) is 11.9 Å². The maximum Gasteiger partial charge on any atom is 0.174 e. The Morgan fingerprint density at radius 2 is 2.15 bits per heavy atom. The molecule has 102 valence electrons. The highest BCUT2D eigenvalue weighted by atomic mass is 32.1. The molecule has 1 aromatic heterocycles. The molecule has 0 amide bonds. The Hall–Kier alpha value is -1.99. The van der Waals surface area contributed by atoms with E-state index in [1.165, 1.54) is 29.7 Å². The standard InChI is InChI=1S/C16H16N2OS/c17-9-10-19-13-6-4-12(5-7-13)18-15-2-1-3-16-14(15)8-11-20-16/h4-8,11,15,18H,1-3,10H2. The SMILES string of the molecule is N#CCOc1ccc(NC2CCCc3sccc32)cc1. The molecule has 0 fully saturated rings. The van der Waals surface area contributed by atoms with Gasteiger partial charge in [-0.05, 0) is 60.5 Å². The van der Waals surface area contributed by atoms with Gasteiger partial charge in [0.2, 0.25) is 0 Å². The van der Waals surface area contributed by atoms with Gasteiger partial charge >= 0.3 is 0 Å². The maximum atomic E-state index is 8.48. The van der Waals surface area contributed by atoms with Crippen LogP contribution >= 0.6 is 11.3 Å². The lowest BCUT2D eigenvalue weighted by Gasteiger charge is -2.24. The molecule has 0 saturated carbocycles. The fourth-order valence-corrected chi connectivity index (χ4v) is 3.59. The van der Waals surface area contributed by atoms with Crippen LogP contribution in [0.25, 0.3) is 0 Å². The predicted molar refractivity (Wildman–Crippen MR) is 81.2 cm³/mol. The topological polar surface area (TPSA) is 45.0 Å². The van der Waals surface area contributed by atoms with Gasteiger partial charge in [0, 0.05) is 10.6 Å². The molecule has 1 atom stereocenters. The molecule has 1 heterocycles. The van der Waals surface area contributed by atoms with Gasteiger partial charge in [-0.2, -0.15) is 5.26 Å². The van der Waals surface area contributed by atoms with Gasteiger partial charge in [0.05, 0.1) is 6.04 Å². The highest BCUT2D eigenvalue weighted by molar-refractivity contribution is 7.10. The highest BCUT2D eigenvalue weighted by Gasteiger charge is 2.20. The maximum absolute atomic E-state index is 8.48. The first kappa shape index (κ1) is 13.0. The number of aryl methyl sites for hydroxylation is 1. The molecule has 4 heteroatoms.